The second-order valence-corrected chi connectivity index (χ2v) is 5.57. The first kappa shape index (κ1) is 11.0. The number of hydrogen-bond donors (Lipinski definition) is 3. The van der Waals surface area contributed by atoms with E-state index in [4.69, 9.17) is 5.73 Å². The van der Waals surface area contributed by atoms with Gasteiger partial charge in [-0.25, -0.2) is 0 Å². The highest BCUT2D eigenvalue weighted by Gasteiger charge is 2.52. The molecule has 17 heavy (non-hydrogen) atoms. The van der Waals surface area contributed by atoms with Crippen molar-refractivity contribution >= 4 is 27.5 Å². The molecule has 1 aromatic rings. The zero-order valence-corrected chi connectivity index (χ0v) is 10.8. The second kappa shape index (κ2) is 3.99. The van der Waals surface area contributed by atoms with Crippen molar-refractivity contribution in [2.45, 2.75) is 6.04 Å². The van der Waals surface area contributed by atoms with Gasteiger partial charge in [0.2, 0.25) is 5.91 Å². The highest BCUT2D eigenvalue weighted by Crippen LogP contribution is 2.43. The summed E-state index contributed by atoms with van der Waals surface area (Å²) in [4.78, 5) is 11.1. The number of carbonyl (C=O) groups is 1. The molecule has 4 nitrogen and oxygen atoms in total. The van der Waals surface area contributed by atoms with Crippen molar-refractivity contribution in [2.75, 3.05) is 18.4 Å². The molecule has 5 heteroatoms. The Labute approximate surface area is 108 Å². The predicted octanol–water partition coefficient (Wildman–Crippen LogP) is 1.18. The molecule has 1 saturated carbocycles. The highest BCUT2D eigenvalue weighted by atomic mass is 79.9. The van der Waals surface area contributed by atoms with Crippen LogP contribution in [0.15, 0.2) is 22.7 Å². The summed E-state index contributed by atoms with van der Waals surface area (Å²) >= 11 is 3.37. The second-order valence-electron chi connectivity index (χ2n) is 4.71. The minimum atomic E-state index is -0.407. The predicted molar refractivity (Wildman–Crippen MR) is 69.9 cm³/mol. The van der Waals surface area contributed by atoms with Crippen LogP contribution in [-0.4, -0.2) is 25.0 Å². The Morgan fingerprint density at radius 3 is 2.71 bits per heavy atom. The summed E-state index contributed by atoms with van der Waals surface area (Å²) in [5.41, 5.74) is 6.82. The summed E-state index contributed by atoms with van der Waals surface area (Å²) in [7, 11) is 0. The number of fused-ring (bicyclic) bond motifs is 1. The molecule has 90 valence electrons. The van der Waals surface area contributed by atoms with E-state index < -0.39 is 5.91 Å². The van der Waals surface area contributed by atoms with Crippen LogP contribution in [0.25, 0.3) is 0 Å². The standard InChI is InChI=1S/C12H14BrN3O/c13-10-3-6(1-2-7(10)12(14)17)16-11-8-4-15-5-9(8)11/h1-3,8-9,11,15-16H,4-5H2,(H2,14,17). The summed E-state index contributed by atoms with van der Waals surface area (Å²) in [5, 5.41) is 6.87. The van der Waals surface area contributed by atoms with Gasteiger partial charge in [0.25, 0.3) is 0 Å². The minimum absolute atomic E-state index is 0.407. The van der Waals surface area contributed by atoms with Gasteiger partial charge >= 0.3 is 0 Å². The average molecular weight is 296 g/mol. The first-order valence-corrected chi connectivity index (χ1v) is 6.53. The Balaban J connectivity index is 1.72. The van der Waals surface area contributed by atoms with Crippen molar-refractivity contribution < 1.29 is 4.79 Å². The van der Waals surface area contributed by atoms with Crippen molar-refractivity contribution in [3.8, 4) is 0 Å². The number of hydrogen-bond acceptors (Lipinski definition) is 3. The quantitative estimate of drug-likeness (QED) is 0.784. The molecule has 4 N–H and O–H groups in total. The van der Waals surface area contributed by atoms with E-state index in [1.54, 1.807) is 6.07 Å². The number of rotatable bonds is 3. The third kappa shape index (κ3) is 1.93. The molecule has 1 amide bonds. The van der Waals surface area contributed by atoms with Gasteiger partial charge in [-0.15, -0.1) is 0 Å². The summed E-state index contributed by atoms with van der Waals surface area (Å²) in [5.74, 6) is 1.13. The van der Waals surface area contributed by atoms with Crippen molar-refractivity contribution in [3.63, 3.8) is 0 Å². The van der Waals surface area contributed by atoms with Crippen LogP contribution in [0.1, 0.15) is 10.4 Å². The molecule has 2 unspecified atom stereocenters. The van der Waals surface area contributed by atoms with E-state index in [0.717, 1.165) is 35.1 Å². The Bertz CT molecular complexity index is 467. The molecule has 1 aliphatic carbocycles. The maximum Gasteiger partial charge on any atom is 0.249 e. The van der Waals surface area contributed by atoms with E-state index in [2.05, 4.69) is 26.6 Å². The van der Waals surface area contributed by atoms with Crippen LogP contribution >= 0.6 is 15.9 Å². The zero-order valence-electron chi connectivity index (χ0n) is 9.24. The normalized spacial score (nSPS) is 29.8. The topological polar surface area (TPSA) is 67.2 Å². The molecule has 2 aliphatic rings. The molecular weight excluding hydrogens is 282 g/mol. The summed E-state index contributed by atoms with van der Waals surface area (Å²) in [6, 6.07) is 6.17. The van der Waals surface area contributed by atoms with E-state index in [1.807, 2.05) is 12.1 Å². The van der Waals surface area contributed by atoms with Gasteiger partial charge in [0.1, 0.15) is 0 Å². The van der Waals surface area contributed by atoms with Crippen LogP contribution in [-0.2, 0) is 0 Å². The molecule has 1 aromatic carbocycles. The fourth-order valence-electron chi connectivity index (χ4n) is 2.63. The van der Waals surface area contributed by atoms with Crippen LogP contribution in [0.5, 0.6) is 0 Å². The van der Waals surface area contributed by atoms with Gasteiger partial charge in [0.05, 0.1) is 5.56 Å². The van der Waals surface area contributed by atoms with Crippen LogP contribution in [0.4, 0.5) is 5.69 Å². The lowest BCUT2D eigenvalue weighted by molar-refractivity contribution is 0.0999. The van der Waals surface area contributed by atoms with Gasteiger partial charge in [-0.05, 0) is 46.0 Å². The molecule has 1 aliphatic heterocycles. The third-order valence-electron chi connectivity index (χ3n) is 3.66. The molecule has 0 radical (unpaired) electrons. The van der Waals surface area contributed by atoms with Crippen LogP contribution < -0.4 is 16.4 Å². The molecular formula is C12H14BrN3O. The maximum atomic E-state index is 11.1. The molecule has 2 atom stereocenters. The van der Waals surface area contributed by atoms with Crippen molar-refractivity contribution in [1.82, 2.24) is 5.32 Å². The lowest BCUT2D eigenvalue weighted by Gasteiger charge is -2.10. The molecule has 2 fully saturated rings. The number of anilines is 1. The first-order chi connectivity index (χ1) is 8.16. The summed E-state index contributed by atoms with van der Waals surface area (Å²) in [6.45, 7) is 2.23. The van der Waals surface area contributed by atoms with Gasteiger partial charge in [-0.2, -0.15) is 0 Å². The zero-order chi connectivity index (χ0) is 12.0. The van der Waals surface area contributed by atoms with Gasteiger partial charge in [0, 0.05) is 29.3 Å². The van der Waals surface area contributed by atoms with Gasteiger partial charge < -0.3 is 16.4 Å². The Morgan fingerprint density at radius 1 is 1.41 bits per heavy atom. The van der Waals surface area contributed by atoms with Crippen LogP contribution in [0.2, 0.25) is 0 Å². The Hall–Kier alpha value is -1.07. The Kier molecular flexibility index (Phi) is 2.60. The number of halogens is 1. The van der Waals surface area contributed by atoms with E-state index in [1.165, 1.54) is 0 Å². The number of benzene rings is 1. The summed E-state index contributed by atoms with van der Waals surface area (Å²) in [6.07, 6.45) is 0. The molecule has 0 spiro atoms. The number of nitrogens with two attached hydrogens (primary N) is 1. The van der Waals surface area contributed by atoms with Crippen LogP contribution in [0, 0.1) is 11.8 Å². The summed E-state index contributed by atoms with van der Waals surface area (Å²) < 4.78 is 0.749. The SMILES string of the molecule is NC(=O)c1ccc(NC2C3CNCC32)cc1Br. The van der Waals surface area contributed by atoms with E-state index in [0.29, 0.717) is 11.6 Å². The molecule has 0 aromatic heterocycles. The van der Waals surface area contributed by atoms with E-state index in [-0.39, 0.29) is 0 Å². The fourth-order valence-corrected chi connectivity index (χ4v) is 3.20. The number of carbonyl (C=O) groups excluding carboxylic acids is 1. The van der Waals surface area contributed by atoms with Crippen molar-refractivity contribution in [2.24, 2.45) is 17.6 Å². The number of piperidine rings is 1. The molecule has 3 rings (SSSR count). The fraction of sp³-hybridized carbons (Fsp3) is 0.417. The number of primary amides is 1. The van der Waals surface area contributed by atoms with Crippen LogP contribution in [0.3, 0.4) is 0 Å². The van der Waals surface area contributed by atoms with E-state index >= 15 is 0 Å². The smallest absolute Gasteiger partial charge is 0.249 e. The molecule has 0 bridgehead atoms. The molecule has 1 saturated heterocycles. The monoisotopic (exact) mass is 295 g/mol. The first-order valence-electron chi connectivity index (χ1n) is 5.73. The minimum Gasteiger partial charge on any atom is -0.382 e. The number of nitrogens with one attached hydrogen (secondary N) is 2. The lowest BCUT2D eigenvalue weighted by atomic mass is 10.2. The van der Waals surface area contributed by atoms with Gasteiger partial charge in [0.15, 0.2) is 0 Å². The number of amides is 1. The third-order valence-corrected chi connectivity index (χ3v) is 4.32. The molecule has 1 heterocycles. The maximum absolute atomic E-state index is 11.1. The largest absolute Gasteiger partial charge is 0.382 e. The highest BCUT2D eigenvalue weighted by molar-refractivity contribution is 9.10. The average Bonchev–Trinajstić information content (AvgIpc) is 2.74. The van der Waals surface area contributed by atoms with Crippen molar-refractivity contribution in [3.05, 3.63) is 28.2 Å². The van der Waals surface area contributed by atoms with Gasteiger partial charge in [-0.3, -0.25) is 4.79 Å². The Morgan fingerprint density at radius 2 is 2.12 bits per heavy atom. The van der Waals surface area contributed by atoms with E-state index in [9.17, 15) is 4.79 Å². The van der Waals surface area contributed by atoms with Crippen molar-refractivity contribution in [1.29, 1.82) is 0 Å². The van der Waals surface area contributed by atoms with Gasteiger partial charge in [-0.1, -0.05) is 0 Å². The lowest BCUT2D eigenvalue weighted by Crippen LogP contribution is -2.21.